The molecular weight excluding hydrogens is 442 g/mol. The molecule has 0 saturated heterocycles. The maximum atomic E-state index is 14.0. The molecule has 1 N–H and O–H groups in total. The summed E-state index contributed by atoms with van der Waals surface area (Å²) in [7, 11) is 0. The van der Waals surface area contributed by atoms with Crippen LogP contribution >= 0.6 is 0 Å². The third-order valence-electron chi connectivity index (χ3n) is 5.23. The fraction of sp³-hybridized carbons (Fsp3) is 0.276. The minimum atomic E-state index is -2.08. The van der Waals surface area contributed by atoms with E-state index in [1.807, 2.05) is 66.7 Å². The van der Waals surface area contributed by atoms with Gasteiger partial charge in [0.05, 0.1) is 0 Å². The van der Waals surface area contributed by atoms with Gasteiger partial charge in [0, 0.05) is 13.3 Å². The molecule has 1 atom stereocenters. The third-order valence-corrected chi connectivity index (χ3v) is 5.23. The lowest BCUT2D eigenvalue weighted by Crippen LogP contribution is -2.63. The van der Waals surface area contributed by atoms with Gasteiger partial charge in [-0.25, -0.2) is 9.59 Å². The van der Waals surface area contributed by atoms with E-state index < -0.39 is 35.1 Å². The maximum Gasteiger partial charge on any atom is 0.345 e. The van der Waals surface area contributed by atoms with Crippen molar-refractivity contribution in [1.82, 2.24) is 5.32 Å². The molecule has 1 unspecified atom stereocenters. The Balaban J connectivity index is 2.09. The summed E-state index contributed by atoms with van der Waals surface area (Å²) in [6.07, 6.45) is -0.923. The van der Waals surface area contributed by atoms with Crippen LogP contribution in [-0.4, -0.2) is 29.0 Å². The number of ether oxygens (including phenoxy) is 2. The van der Waals surface area contributed by atoms with Crippen molar-refractivity contribution in [1.29, 1.82) is 0 Å². The van der Waals surface area contributed by atoms with Crippen LogP contribution in [0.25, 0.3) is 0 Å². The minimum Gasteiger partial charge on any atom is -0.458 e. The first-order chi connectivity index (χ1) is 16.6. The van der Waals surface area contributed by atoms with Crippen LogP contribution in [0.15, 0.2) is 91.0 Å². The van der Waals surface area contributed by atoms with Crippen LogP contribution in [0.5, 0.6) is 0 Å². The monoisotopic (exact) mass is 473 g/mol. The zero-order chi connectivity index (χ0) is 25.5. The van der Waals surface area contributed by atoms with E-state index in [0.29, 0.717) is 5.56 Å². The lowest BCUT2D eigenvalue weighted by Gasteiger charge is -2.34. The molecule has 0 bridgehead atoms. The molecule has 0 aliphatic rings. The first-order valence-corrected chi connectivity index (χ1v) is 11.5. The number of esters is 2. The van der Waals surface area contributed by atoms with Gasteiger partial charge < -0.3 is 14.8 Å². The Kier molecular flexibility index (Phi) is 8.07. The maximum absolute atomic E-state index is 14.0. The highest BCUT2D eigenvalue weighted by atomic mass is 16.6. The van der Waals surface area contributed by atoms with Crippen molar-refractivity contribution in [3.63, 3.8) is 0 Å². The van der Waals surface area contributed by atoms with Crippen LogP contribution in [0, 0.1) is 0 Å². The number of carbonyl (C=O) groups excluding carboxylic acids is 3. The molecule has 1 amide bonds. The molecule has 0 spiro atoms. The van der Waals surface area contributed by atoms with Gasteiger partial charge in [0.15, 0.2) is 6.10 Å². The summed E-state index contributed by atoms with van der Waals surface area (Å²) >= 11 is 0. The van der Waals surface area contributed by atoms with E-state index in [1.165, 1.54) is 6.92 Å². The van der Waals surface area contributed by atoms with E-state index in [2.05, 4.69) is 5.32 Å². The van der Waals surface area contributed by atoms with E-state index in [4.69, 9.17) is 9.47 Å². The highest BCUT2D eigenvalue weighted by Crippen LogP contribution is 2.30. The second-order valence-electron chi connectivity index (χ2n) is 9.36. The molecule has 3 rings (SSSR count). The molecule has 35 heavy (non-hydrogen) atoms. The van der Waals surface area contributed by atoms with Gasteiger partial charge in [0.25, 0.3) is 0 Å². The Hall–Kier alpha value is -3.93. The summed E-state index contributed by atoms with van der Waals surface area (Å²) in [6, 6.07) is 27.5. The van der Waals surface area contributed by atoms with Crippen molar-refractivity contribution >= 4 is 17.8 Å². The third kappa shape index (κ3) is 6.79. The smallest absolute Gasteiger partial charge is 0.345 e. The summed E-state index contributed by atoms with van der Waals surface area (Å²) < 4.78 is 11.7. The van der Waals surface area contributed by atoms with Gasteiger partial charge in [0.2, 0.25) is 11.4 Å². The van der Waals surface area contributed by atoms with Crippen LogP contribution < -0.4 is 5.32 Å². The van der Waals surface area contributed by atoms with Gasteiger partial charge in [0.1, 0.15) is 5.60 Å². The zero-order valence-corrected chi connectivity index (χ0v) is 20.5. The molecule has 6 nitrogen and oxygen atoms in total. The van der Waals surface area contributed by atoms with Crippen LogP contribution in [0.1, 0.15) is 50.5 Å². The summed E-state index contributed by atoms with van der Waals surface area (Å²) in [5, 5.41) is 2.58. The number of benzene rings is 3. The number of hydrogen-bond donors (Lipinski definition) is 1. The van der Waals surface area contributed by atoms with Crippen LogP contribution in [0.3, 0.4) is 0 Å². The molecule has 0 radical (unpaired) electrons. The summed E-state index contributed by atoms with van der Waals surface area (Å²) in [5.74, 6) is -2.34. The molecular formula is C29H31NO5. The lowest BCUT2D eigenvalue weighted by atomic mass is 9.89. The molecule has 0 aliphatic heterocycles. The molecule has 6 heteroatoms. The van der Waals surface area contributed by atoms with Crippen molar-refractivity contribution in [3.8, 4) is 0 Å². The first-order valence-electron chi connectivity index (χ1n) is 11.5. The Bertz CT molecular complexity index is 1100. The van der Waals surface area contributed by atoms with Crippen LogP contribution in [0.4, 0.5) is 0 Å². The van der Waals surface area contributed by atoms with Gasteiger partial charge in [-0.05, 0) is 37.5 Å². The van der Waals surface area contributed by atoms with E-state index in [9.17, 15) is 14.4 Å². The quantitative estimate of drug-likeness (QED) is 0.376. The van der Waals surface area contributed by atoms with Gasteiger partial charge in [-0.2, -0.15) is 0 Å². The molecule has 0 heterocycles. The number of amides is 1. The molecule has 3 aromatic carbocycles. The minimum absolute atomic E-state index is 0.128. The van der Waals surface area contributed by atoms with Gasteiger partial charge in [-0.1, -0.05) is 91.0 Å². The molecule has 182 valence electrons. The second kappa shape index (κ2) is 11.0. The van der Waals surface area contributed by atoms with Crippen molar-refractivity contribution in [2.24, 2.45) is 0 Å². The highest BCUT2D eigenvalue weighted by Gasteiger charge is 2.52. The van der Waals surface area contributed by atoms with E-state index >= 15 is 0 Å². The SMILES string of the molecule is CC(=O)NC(Cc1ccccc1)(C(=O)OC(c1ccccc1)c1ccccc1)C(=O)OC(C)(C)C. The fourth-order valence-corrected chi connectivity index (χ4v) is 3.73. The summed E-state index contributed by atoms with van der Waals surface area (Å²) in [6.45, 7) is 6.36. The van der Waals surface area contributed by atoms with Gasteiger partial charge in [-0.15, -0.1) is 0 Å². The van der Waals surface area contributed by atoms with E-state index in [1.54, 1.807) is 45.0 Å². The molecule has 0 aromatic heterocycles. The van der Waals surface area contributed by atoms with Crippen molar-refractivity contribution in [2.45, 2.75) is 51.4 Å². The second-order valence-corrected chi connectivity index (χ2v) is 9.36. The van der Waals surface area contributed by atoms with Crippen LogP contribution in [-0.2, 0) is 30.3 Å². The van der Waals surface area contributed by atoms with Gasteiger partial charge in [-0.3, -0.25) is 4.79 Å². The summed E-state index contributed by atoms with van der Waals surface area (Å²) in [4.78, 5) is 39.9. The first kappa shape index (κ1) is 25.7. The number of hydrogen-bond acceptors (Lipinski definition) is 5. The molecule has 0 saturated carbocycles. The summed E-state index contributed by atoms with van der Waals surface area (Å²) in [5.41, 5.74) is -0.849. The highest BCUT2D eigenvalue weighted by molar-refractivity contribution is 6.08. The standard InChI is InChI=1S/C29H31NO5/c1-21(31)30-29(27(33)35-28(2,3)4,20-22-14-8-5-9-15-22)26(32)34-25(23-16-10-6-11-17-23)24-18-12-7-13-19-24/h5-19,25H,20H2,1-4H3,(H,30,31). The molecule has 0 aliphatic carbocycles. The number of carbonyl (C=O) groups is 3. The molecule has 0 fully saturated rings. The van der Waals surface area contributed by atoms with Gasteiger partial charge >= 0.3 is 11.9 Å². The average Bonchev–Trinajstić information content (AvgIpc) is 2.82. The Morgan fingerprint density at radius 2 is 1.20 bits per heavy atom. The Morgan fingerprint density at radius 1 is 0.743 bits per heavy atom. The van der Waals surface area contributed by atoms with Crippen molar-refractivity contribution in [3.05, 3.63) is 108 Å². The zero-order valence-electron chi connectivity index (χ0n) is 20.5. The van der Waals surface area contributed by atoms with Crippen molar-refractivity contribution < 1.29 is 23.9 Å². The van der Waals surface area contributed by atoms with Crippen molar-refractivity contribution in [2.75, 3.05) is 0 Å². The normalized spacial score (nSPS) is 12.9. The number of nitrogens with one attached hydrogen (secondary N) is 1. The predicted molar refractivity (Wildman–Crippen MR) is 133 cm³/mol. The largest absolute Gasteiger partial charge is 0.458 e. The topological polar surface area (TPSA) is 81.7 Å². The number of rotatable bonds is 8. The fourth-order valence-electron chi connectivity index (χ4n) is 3.73. The molecule has 3 aromatic rings. The lowest BCUT2D eigenvalue weighted by molar-refractivity contribution is -0.177. The Morgan fingerprint density at radius 3 is 1.63 bits per heavy atom. The van der Waals surface area contributed by atoms with Crippen LogP contribution in [0.2, 0.25) is 0 Å². The predicted octanol–water partition coefficient (Wildman–Crippen LogP) is 4.78. The Labute approximate surface area is 206 Å². The average molecular weight is 474 g/mol. The van der Waals surface area contributed by atoms with E-state index in [0.717, 1.165) is 11.1 Å². The van der Waals surface area contributed by atoms with E-state index in [-0.39, 0.29) is 6.42 Å².